The number of hydrogen-bond donors (Lipinski definition) is 0. The number of hydroxylamine groups is 2. The summed E-state index contributed by atoms with van der Waals surface area (Å²) in [6.45, 7) is 11.0. The van der Waals surface area contributed by atoms with Gasteiger partial charge in [-0.05, 0) is 13.8 Å². The van der Waals surface area contributed by atoms with Gasteiger partial charge >= 0.3 is 18.0 Å². The molecule has 0 saturated carbocycles. The Balaban J connectivity index is 4.40. The highest BCUT2D eigenvalue weighted by molar-refractivity contribution is 5.87. The highest BCUT2D eigenvalue weighted by atomic mass is 16.8. The van der Waals surface area contributed by atoms with Gasteiger partial charge < -0.3 is 14.3 Å². The first-order valence-corrected chi connectivity index (χ1v) is 5.50. The Morgan fingerprint density at radius 1 is 1.32 bits per heavy atom. The van der Waals surface area contributed by atoms with Crippen LogP contribution < -0.4 is 0 Å². The topological polar surface area (TPSA) is 82.1 Å². The van der Waals surface area contributed by atoms with Crippen molar-refractivity contribution in [1.82, 2.24) is 5.06 Å². The van der Waals surface area contributed by atoms with Gasteiger partial charge in [0, 0.05) is 18.6 Å². The fraction of sp³-hybridized carbons (Fsp3) is 0.417. The number of carbonyl (C=O) groups is 3. The van der Waals surface area contributed by atoms with E-state index < -0.39 is 24.3 Å². The van der Waals surface area contributed by atoms with Gasteiger partial charge in [0.1, 0.15) is 0 Å². The van der Waals surface area contributed by atoms with Crippen molar-refractivity contribution in [3.05, 3.63) is 24.8 Å². The summed E-state index contributed by atoms with van der Waals surface area (Å²) in [5, 5.41) is 0.676. The van der Waals surface area contributed by atoms with Crippen LogP contribution >= 0.6 is 0 Å². The number of rotatable bonds is 5. The summed E-state index contributed by atoms with van der Waals surface area (Å²) in [5.74, 6) is -1.49. The number of hydrogen-bond acceptors (Lipinski definition) is 6. The quantitative estimate of drug-likeness (QED) is 0.326. The highest BCUT2D eigenvalue weighted by Gasteiger charge is 2.21. The molecule has 0 saturated heterocycles. The number of amides is 1. The molecule has 0 heterocycles. The second-order valence-corrected chi connectivity index (χ2v) is 3.45. The van der Waals surface area contributed by atoms with E-state index in [2.05, 4.69) is 18.0 Å². The molecule has 0 aromatic rings. The summed E-state index contributed by atoms with van der Waals surface area (Å²) >= 11 is 0. The molecule has 19 heavy (non-hydrogen) atoms. The zero-order valence-electron chi connectivity index (χ0n) is 11.2. The minimum Gasteiger partial charge on any atom is -0.422 e. The fourth-order valence-electron chi connectivity index (χ4n) is 0.853. The molecule has 0 aliphatic rings. The molecular formula is C12H17NO6. The van der Waals surface area contributed by atoms with E-state index in [9.17, 15) is 14.4 Å². The van der Waals surface area contributed by atoms with Gasteiger partial charge in [0.15, 0.2) is 0 Å². The Morgan fingerprint density at radius 3 is 2.32 bits per heavy atom. The molecule has 1 atom stereocenters. The van der Waals surface area contributed by atoms with Gasteiger partial charge in [0.2, 0.25) is 6.29 Å². The van der Waals surface area contributed by atoms with Crippen molar-refractivity contribution in [2.45, 2.75) is 27.1 Å². The van der Waals surface area contributed by atoms with Gasteiger partial charge in [-0.3, -0.25) is 0 Å². The van der Waals surface area contributed by atoms with E-state index in [0.29, 0.717) is 5.06 Å². The second kappa shape index (κ2) is 7.91. The molecule has 7 heteroatoms. The molecule has 0 spiro atoms. The Morgan fingerprint density at radius 2 is 1.89 bits per heavy atom. The average molecular weight is 271 g/mol. The Kier molecular flexibility index (Phi) is 6.95. The van der Waals surface area contributed by atoms with E-state index in [-0.39, 0.29) is 12.1 Å². The maximum atomic E-state index is 11.6. The molecule has 0 fully saturated rings. The second-order valence-electron chi connectivity index (χ2n) is 3.45. The highest BCUT2D eigenvalue weighted by Crippen LogP contribution is 2.04. The van der Waals surface area contributed by atoms with Crippen molar-refractivity contribution in [1.29, 1.82) is 0 Å². The molecule has 0 N–H and O–H groups in total. The van der Waals surface area contributed by atoms with Crippen molar-refractivity contribution in [3.63, 3.8) is 0 Å². The molecule has 0 bridgehead atoms. The van der Waals surface area contributed by atoms with E-state index >= 15 is 0 Å². The van der Waals surface area contributed by atoms with Gasteiger partial charge in [-0.1, -0.05) is 13.2 Å². The normalized spacial score (nSPS) is 10.9. The number of ether oxygens (including phenoxy) is 2. The number of esters is 1. The third-order valence-electron chi connectivity index (χ3n) is 1.75. The Bertz CT molecular complexity index is 390. The molecule has 1 amide bonds. The van der Waals surface area contributed by atoms with E-state index in [1.165, 1.54) is 13.8 Å². The van der Waals surface area contributed by atoms with Crippen molar-refractivity contribution < 1.29 is 28.7 Å². The molecule has 0 aliphatic heterocycles. The molecule has 0 aromatic carbocycles. The smallest absolute Gasteiger partial charge is 0.422 e. The summed E-state index contributed by atoms with van der Waals surface area (Å²) in [4.78, 5) is 38.3. The zero-order valence-corrected chi connectivity index (χ0v) is 11.2. The van der Waals surface area contributed by atoms with Crippen LogP contribution in [0.15, 0.2) is 24.8 Å². The van der Waals surface area contributed by atoms with E-state index in [0.717, 1.165) is 6.08 Å². The maximum Gasteiger partial charge on any atom is 0.446 e. The minimum absolute atomic E-state index is 0.0690. The summed E-state index contributed by atoms with van der Waals surface area (Å²) in [7, 11) is 0. The lowest BCUT2D eigenvalue weighted by atomic mass is 10.4. The molecule has 0 aliphatic carbocycles. The van der Waals surface area contributed by atoms with Crippen LogP contribution in [0.5, 0.6) is 0 Å². The third kappa shape index (κ3) is 6.25. The fourth-order valence-corrected chi connectivity index (χ4v) is 0.853. The monoisotopic (exact) mass is 271 g/mol. The summed E-state index contributed by atoms with van der Waals surface area (Å²) in [5.41, 5.74) is 0.174. The van der Waals surface area contributed by atoms with E-state index in [1.807, 2.05) is 0 Å². The third-order valence-corrected chi connectivity index (χ3v) is 1.75. The molecule has 0 radical (unpaired) electrons. The van der Waals surface area contributed by atoms with Gasteiger partial charge in [0.05, 0.1) is 6.54 Å². The van der Waals surface area contributed by atoms with Crippen LogP contribution in [0.4, 0.5) is 4.79 Å². The zero-order chi connectivity index (χ0) is 15.0. The summed E-state index contributed by atoms with van der Waals surface area (Å²) < 4.78 is 9.50. The summed E-state index contributed by atoms with van der Waals surface area (Å²) in [6.07, 6.45) is -1.19. The van der Waals surface area contributed by atoms with Crippen molar-refractivity contribution in [3.8, 4) is 0 Å². The number of carbonyl (C=O) groups excluding carboxylic acids is 3. The first-order valence-electron chi connectivity index (χ1n) is 5.50. The lowest BCUT2D eigenvalue weighted by molar-refractivity contribution is -0.186. The Labute approximate surface area is 111 Å². The van der Waals surface area contributed by atoms with Crippen LogP contribution in [0, 0.1) is 0 Å². The average Bonchev–Trinajstić information content (AvgIpc) is 2.34. The largest absolute Gasteiger partial charge is 0.446 e. The van der Waals surface area contributed by atoms with Gasteiger partial charge in [-0.15, -0.1) is 5.06 Å². The lowest BCUT2D eigenvalue weighted by Crippen LogP contribution is -2.36. The van der Waals surface area contributed by atoms with E-state index in [1.54, 1.807) is 6.92 Å². The molecule has 1 unspecified atom stereocenters. The SMILES string of the molecule is C=CC(=O)ON(CC)C(=O)OC(C)OC(=O)C(=C)C. The predicted octanol–water partition coefficient (Wildman–Crippen LogP) is 1.55. The van der Waals surface area contributed by atoms with Crippen molar-refractivity contribution in [2.24, 2.45) is 0 Å². The standard InChI is InChI=1S/C12H17NO6/c1-6-10(14)19-13(7-2)12(16)18-9(5)17-11(15)8(3)4/h6,9H,1,3,7H2,2,4-5H3. The van der Waals surface area contributed by atoms with E-state index in [4.69, 9.17) is 9.47 Å². The van der Waals surface area contributed by atoms with Crippen LogP contribution in [-0.4, -0.2) is 35.9 Å². The first-order chi connectivity index (χ1) is 8.81. The Hall–Kier alpha value is -2.31. The van der Waals surface area contributed by atoms with Crippen LogP contribution in [-0.2, 0) is 23.9 Å². The van der Waals surface area contributed by atoms with Gasteiger partial charge in [-0.25, -0.2) is 14.4 Å². The maximum absolute atomic E-state index is 11.6. The number of nitrogens with zero attached hydrogens (tertiary/aromatic N) is 1. The van der Waals surface area contributed by atoms with Crippen LogP contribution in [0.3, 0.4) is 0 Å². The lowest BCUT2D eigenvalue weighted by Gasteiger charge is -2.20. The summed E-state index contributed by atoms with van der Waals surface area (Å²) in [6, 6.07) is 0. The van der Waals surface area contributed by atoms with Gasteiger partial charge in [-0.2, -0.15) is 0 Å². The molecule has 0 aromatic heterocycles. The van der Waals surface area contributed by atoms with Crippen LogP contribution in [0.25, 0.3) is 0 Å². The molecule has 7 nitrogen and oxygen atoms in total. The van der Waals surface area contributed by atoms with Crippen molar-refractivity contribution >= 4 is 18.0 Å². The molecule has 106 valence electrons. The molecule has 0 rings (SSSR count). The van der Waals surface area contributed by atoms with Crippen molar-refractivity contribution in [2.75, 3.05) is 6.54 Å². The van der Waals surface area contributed by atoms with Crippen LogP contribution in [0.2, 0.25) is 0 Å². The predicted molar refractivity (Wildman–Crippen MR) is 65.5 cm³/mol. The first kappa shape index (κ1) is 16.7. The van der Waals surface area contributed by atoms with Gasteiger partial charge in [0.25, 0.3) is 0 Å². The molecular weight excluding hydrogens is 254 g/mol. The van der Waals surface area contributed by atoms with Crippen LogP contribution in [0.1, 0.15) is 20.8 Å². The minimum atomic E-state index is -1.13.